The second-order valence-corrected chi connectivity index (χ2v) is 12.9. The Kier molecular flexibility index (Phi) is 6.78. The third kappa shape index (κ3) is 4.96. The molecule has 0 bridgehead atoms. The van der Waals surface area contributed by atoms with Crippen LogP contribution in [0.2, 0.25) is 0 Å². The second kappa shape index (κ2) is 11.9. The molecule has 10 aromatic rings. The van der Waals surface area contributed by atoms with Crippen LogP contribution in [0.1, 0.15) is 0 Å². The zero-order valence-corrected chi connectivity index (χ0v) is 27.6. The fourth-order valence-corrected chi connectivity index (χ4v) is 7.41. The van der Waals surface area contributed by atoms with Crippen LogP contribution >= 0.6 is 0 Å². The second-order valence-electron chi connectivity index (χ2n) is 12.9. The van der Waals surface area contributed by atoms with Crippen molar-refractivity contribution in [2.45, 2.75) is 0 Å². The fourth-order valence-electron chi connectivity index (χ4n) is 7.41. The first-order chi connectivity index (χ1) is 25.3. The molecule has 0 aliphatic heterocycles. The van der Waals surface area contributed by atoms with E-state index in [4.69, 9.17) is 15.0 Å². The molecule has 0 amide bonds. The monoisotopic (exact) mass is 650 g/mol. The summed E-state index contributed by atoms with van der Waals surface area (Å²) in [5, 5.41) is 7.39. The molecule has 2 heterocycles. The van der Waals surface area contributed by atoms with Crippen LogP contribution in [0.15, 0.2) is 182 Å². The van der Waals surface area contributed by atoms with Crippen molar-refractivity contribution in [3.63, 3.8) is 0 Å². The van der Waals surface area contributed by atoms with Gasteiger partial charge in [-0.15, -0.1) is 0 Å². The van der Waals surface area contributed by atoms with Gasteiger partial charge in [-0.05, 0) is 57.6 Å². The van der Waals surface area contributed by atoms with E-state index in [0.717, 1.165) is 27.8 Å². The van der Waals surface area contributed by atoms with Gasteiger partial charge in [0.15, 0.2) is 17.5 Å². The summed E-state index contributed by atoms with van der Waals surface area (Å²) in [5.41, 5.74) is 8.66. The van der Waals surface area contributed by atoms with Crippen molar-refractivity contribution in [2.24, 2.45) is 0 Å². The Hall–Kier alpha value is -6.91. The first kappa shape index (κ1) is 29.0. The lowest BCUT2D eigenvalue weighted by atomic mass is 9.97. The highest BCUT2D eigenvalue weighted by Crippen LogP contribution is 2.40. The van der Waals surface area contributed by atoms with Crippen LogP contribution in [0.25, 0.3) is 94.3 Å². The Morgan fingerprint density at radius 1 is 0.314 bits per heavy atom. The van der Waals surface area contributed by atoms with Crippen LogP contribution < -0.4 is 0 Å². The predicted octanol–water partition coefficient (Wildman–Crippen LogP) is 11.9. The number of nitrogens with zero attached hydrogens (tertiary/aromatic N) is 4. The molecule has 2 aromatic heterocycles. The summed E-state index contributed by atoms with van der Waals surface area (Å²) < 4.78 is 2.43. The third-order valence-electron chi connectivity index (χ3n) is 9.82. The summed E-state index contributed by atoms with van der Waals surface area (Å²) in [4.78, 5) is 14.9. The van der Waals surface area contributed by atoms with E-state index in [1.807, 2.05) is 60.7 Å². The van der Waals surface area contributed by atoms with E-state index >= 15 is 0 Å². The molecule has 0 unspecified atom stereocenters. The first-order valence-electron chi connectivity index (χ1n) is 17.2. The molecule has 0 saturated carbocycles. The average molecular weight is 651 g/mol. The van der Waals surface area contributed by atoms with E-state index in [1.165, 1.54) is 49.0 Å². The summed E-state index contributed by atoms with van der Waals surface area (Å²) in [7, 11) is 0. The molecule has 0 N–H and O–H groups in total. The molecule has 4 nitrogen and oxygen atoms in total. The molecule has 0 saturated heterocycles. The maximum atomic E-state index is 4.99. The van der Waals surface area contributed by atoms with Crippen molar-refractivity contribution in [2.75, 3.05) is 0 Å². The van der Waals surface area contributed by atoms with Crippen molar-refractivity contribution < 1.29 is 0 Å². The fraction of sp³-hybridized carbons (Fsp3) is 0. The van der Waals surface area contributed by atoms with Crippen molar-refractivity contribution >= 4 is 43.4 Å². The zero-order chi connectivity index (χ0) is 33.7. The maximum absolute atomic E-state index is 4.99. The molecule has 4 heteroatoms. The highest BCUT2D eigenvalue weighted by Gasteiger charge is 2.17. The maximum Gasteiger partial charge on any atom is 0.164 e. The van der Waals surface area contributed by atoms with Gasteiger partial charge in [-0.3, -0.25) is 0 Å². The van der Waals surface area contributed by atoms with Crippen molar-refractivity contribution in [3.8, 4) is 51.0 Å². The molecule has 0 radical (unpaired) electrons. The SMILES string of the molecule is c1ccc(-c2nc(-c3ccccc3)nc(-c3cccc(-c4ccc5ccc6c(c5c4)c4ccccc4n6-c4cccc5ccccc45)c3)n2)cc1. The van der Waals surface area contributed by atoms with Crippen LogP contribution in [0, 0.1) is 0 Å². The lowest BCUT2D eigenvalue weighted by Crippen LogP contribution is -2.00. The number of fused-ring (bicyclic) bond motifs is 6. The molecular formula is C47H30N4. The first-order valence-corrected chi connectivity index (χ1v) is 17.2. The summed E-state index contributed by atoms with van der Waals surface area (Å²) in [6, 6.07) is 64.0. The number of aromatic nitrogens is 4. The summed E-state index contributed by atoms with van der Waals surface area (Å²) in [5.74, 6) is 1.95. The molecule has 0 aliphatic rings. The summed E-state index contributed by atoms with van der Waals surface area (Å²) in [6.07, 6.45) is 0. The summed E-state index contributed by atoms with van der Waals surface area (Å²) in [6.45, 7) is 0. The molecule has 10 rings (SSSR count). The Labute approximate surface area is 295 Å². The van der Waals surface area contributed by atoms with E-state index in [-0.39, 0.29) is 0 Å². The Balaban J connectivity index is 1.15. The van der Waals surface area contributed by atoms with Crippen LogP contribution in [0.4, 0.5) is 0 Å². The minimum Gasteiger partial charge on any atom is -0.309 e. The smallest absolute Gasteiger partial charge is 0.164 e. The minimum absolute atomic E-state index is 0.644. The predicted molar refractivity (Wildman–Crippen MR) is 211 cm³/mol. The van der Waals surface area contributed by atoms with Gasteiger partial charge in [0.05, 0.1) is 16.7 Å². The van der Waals surface area contributed by atoms with E-state index < -0.39 is 0 Å². The summed E-state index contributed by atoms with van der Waals surface area (Å²) >= 11 is 0. The van der Waals surface area contributed by atoms with Crippen LogP contribution in [-0.4, -0.2) is 19.5 Å². The largest absolute Gasteiger partial charge is 0.309 e. The van der Waals surface area contributed by atoms with Gasteiger partial charge >= 0.3 is 0 Å². The topological polar surface area (TPSA) is 43.6 Å². The van der Waals surface area contributed by atoms with Crippen molar-refractivity contribution in [1.29, 1.82) is 0 Å². The molecular weight excluding hydrogens is 621 g/mol. The van der Waals surface area contributed by atoms with Gasteiger partial charge in [-0.1, -0.05) is 152 Å². The van der Waals surface area contributed by atoms with E-state index in [1.54, 1.807) is 0 Å². The number of para-hydroxylation sites is 1. The molecule has 0 fully saturated rings. The Morgan fingerprint density at radius 3 is 1.61 bits per heavy atom. The molecule has 8 aromatic carbocycles. The van der Waals surface area contributed by atoms with Gasteiger partial charge < -0.3 is 4.57 Å². The number of hydrogen-bond acceptors (Lipinski definition) is 3. The van der Waals surface area contributed by atoms with Crippen molar-refractivity contribution in [1.82, 2.24) is 19.5 Å². The number of benzene rings is 8. The highest BCUT2D eigenvalue weighted by atomic mass is 15.0. The van der Waals surface area contributed by atoms with Gasteiger partial charge in [0.1, 0.15) is 0 Å². The van der Waals surface area contributed by atoms with Gasteiger partial charge in [-0.25, -0.2) is 15.0 Å². The van der Waals surface area contributed by atoms with Crippen LogP contribution in [-0.2, 0) is 0 Å². The lowest BCUT2D eigenvalue weighted by Gasteiger charge is -2.12. The molecule has 0 atom stereocenters. The quantitative estimate of drug-likeness (QED) is 0.186. The van der Waals surface area contributed by atoms with Gasteiger partial charge in [0.25, 0.3) is 0 Å². The van der Waals surface area contributed by atoms with Crippen LogP contribution in [0.5, 0.6) is 0 Å². The van der Waals surface area contributed by atoms with E-state index in [2.05, 4.69) is 126 Å². The normalized spacial score (nSPS) is 11.5. The Bertz CT molecular complexity index is 2850. The van der Waals surface area contributed by atoms with Crippen LogP contribution in [0.3, 0.4) is 0 Å². The average Bonchev–Trinajstić information content (AvgIpc) is 3.55. The molecule has 238 valence electrons. The van der Waals surface area contributed by atoms with Gasteiger partial charge in [-0.2, -0.15) is 0 Å². The zero-order valence-electron chi connectivity index (χ0n) is 27.6. The van der Waals surface area contributed by atoms with Gasteiger partial charge in [0, 0.05) is 32.8 Å². The van der Waals surface area contributed by atoms with Crippen molar-refractivity contribution in [3.05, 3.63) is 182 Å². The minimum atomic E-state index is 0.644. The highest BCUT2D eigenvalue weighted by molar-refractivity contribution is 6.22. The van der Waals surface area contributed by atoms with E-state index in [0.29, 0.717) is 17.5 Å². The Morgan fingerprint density at radius 2 is 0.843 bits per heavy atom. The van der Waals surface area contributed by atoms with E-state index in [9.17, 15) is 0 Å². The third-order valence-corrected chi connectivity index (χ3v) is 9.82. The lowest BCUT2D eigenvalue weighted by molar-refractivity contribution is 1.07. The molecule has 0 aliphatic carbocycles. The molecule has 51 heavy (non-hydrogen) atoms. The van der Waals surface area contributed by atoms with Gasteiger partial charge in [0.2, 0.25) is 0 Å². The number of rotatable bonds is 5. The molecule has 0 spiro atoms. The number of hydrogen-bond donors (Lipinski definition) is 0. The standard InChI is InChI=1S/C47H30N4/c1-3-14-33(15-4-1)45-48-46(34-16-5-2-6-17-34)50-47(49-45)37-20-11-19-35(29-37)36-26-25-32-27-28-43-44(40(32)30-36)39-22-9-10-23-42(39)51(43)41-24-12-18-31-13-7-8-21-38(31)41/h1-30H.